The molecule has 2 bridgehead atoms. The van der Waals surface area contributed by atoms with Gasteiger partial charge in [-0.05, 0) is 68.2 Å². The molecule has 0 saturated heterocycles. The van der Waals surface area contributed by atoms with Crippen LogP contribution in [0, 0.1) is 17.8 Å². The molecular formula is C35H51N3O12. The maximum atomic E-state index is 13.3. The zero-order valence-corrected chi connectivity index (χ0v) is 30.4. The predicted molar refractivity (Wildman–Crippen MR) is 183 cm³/mol. The number of ether oxygens (including phenoxy) is 7. The summed E-state index contributed by atoms with van der Waals surface area (Å²) in [7, 11) is 6.89. The zero-order chi connectivity index (χ0) is 37.5. The molecular weight excluding hydrogens is 654 g/mol. The summed E-state index contributed by atoms with van der Waals surface area (Å²) in [5.41, 5.74) is 2.30. The van der Waals surface area contributed by atoms with E-state index in [-0.39, 0.29) is 30.3 Å². The average molecular weight is 706 g/mol. The highest BCUT2D eigenvalue weighted by Gasteiger charge is 2.35. The standard InChI is InChI=1S/C35H51N3O12/c1-19-11-23(5)31(39)36-25-16-24(17-26(18-25)44-6)12-20(2)13-27(45-7)29(46-8)21(3)15-22(4)30(50-35(43)38-33(41)48-10)28(14-19)49-34(42)37-32(40)47-9/h11,15-21,27-30H,12-14H2,1-10H3,(H,36,39)(H,37,40,42)(H,38,41,43)/b22-15+,23-11+/t19-,20+,21-,27-,28-,29+,30-/m0/s1. The molecule has 50 heavy (non-hydrogen) atoms. The summed E-state index contributed by atoms with van der Waals surface area (Å²) in [6.45, 7) is 9.07. The Labute approximate surface area is 293 Å². The summed E-state index contributed by atoms with van der Waals surface area (Å²) in [5, 5.41) is 6.80. The molecule has 7 atom stereocenters. The number of benzene rings is 1. The van der Waals surface area contributed by atoms with Crippen LogP contribution in [-0.4, -0.2) is 90.2 Å². The van der Waals surface area contributed by atoms with Crippen LogP contribution in [0.3, 0.4) is 0 Å². The van der Waals surface area contributed by atoms with E-state index < -0.39 is 48.6 Å². The molecule has 1 aromatic rings. The molecule has 15 nitrogen and oxygen atoms in total. The number of anilines is 1. The van der Waals surface area contributed by atoms with E-state index in [0.717, 1.165) is 19.8 Å². The van der Waals surface area contributed by atoms with Crippen LogP contribution in [0.25, 0.3) is 0 Å². The van der Waals surface area contributed by atoms with E-state index in [0.29, 0.717) is 35.4 Å². The quantitative estimate of drug-likeness (QED) is 0.258. The van der Waals surface area contributed by atoms with E-state index in [2.05, 4.69) is 21.7 Å². The number of imide groups is 2. The van der Waals surface area contributed by atoms with E-state index in [9.17, 15) is 24.0 Å². The Hall–Kier alpha value is -4.63. The van der Waals surface area contributed by atoms with E-state index in [1.54, 1.807) is 60.3 Å². The summed E-state index contributed by atoms with van der Waals surface area (Å²) in [6, 6.07) is 5.55. The number of hydrogen-bond donors (Lipinski definition) is 3. The predicted octanol–water partition coefficient (Wildman–Crippen LogP) is 5.52. The van der Waals surface area contributed by atoms with Gasteiger partial charge in [-0.3, -0.25) is 4.79 Å². The highest BCUT2D eigenvalue weighted by Crippen LogP contribution is 2.29. The van der Waals surface area contributed by atoms with Crippen molar-refractivity contribution in [3.05, 3.63) is 47.1 Å². The first-order chi connectivity index (χ1) is 23.6. The van der Waals surface area contributed by atoms with Crippen molar-refractivity contribution in [3.63, 3.8) is 0 Å². The molecule has 0 spiro atoms. The van der Waals surface area contributed by atoms with E-state index in [1.807, 2.05) is 29.7 Å². The third-order valence-electron chi connectivity index (χ3n) is 8.22. The Balaban J connectivity index is 2.72. The Morgan fingerprint density at radius 2 is 1.38 bits per heavy atom. The molecule has 0 radical (unpaired) electrons. The molecule has 1 aliphatic rings. The second-order valence-corrected chi connectivity index (χ2v) is 12.4. The van der Waals surface area contributed by atoms with Gasteiger partial charge in [0.25, 0.3) is 5.91 Å². The maximum absolute atomic E-state index is 13.3. The summed E-state index contributed by atoms with van der Waals surface area (Å²) in [5.74, 6) is -0.459. The summed E-state index contributed by atoms with van der Waals surface area (Å²) >= 11 is 0. The molecule has 0 aliphatic carbocycles. The third kappa shape index (κ3) is 13.0. The van der Waals surface area contributed by atoms with Crippen molar-refractivity contribution in [1.29, 1.82) is 0 Å². The minimum atomic E-state index is -1.29. The van der Waals surface area contributed by atoms with Crippen molar-refractivity contribution in [2.75, 3.05) is 40.9 Å². The topological polar surface area (TPSA) is 186 Å². The van der Waals surface area contributed by atoms with Crippen LogP contribution >= 0.6 is 0 Å². The van der Waals surface area contributed by atoms with Crippen LogP contribution in [-0.2, 0) is 39.6 Å². The second kappa shape index (κ2) is 20.1. The van der Waals surface area contributed by atoms with E-state index >= 15 is 0 Å². The van der Waals surface area contributed by atoms with Crippen molar-refractivity contribution >= 4 is 36.0 Å². The minimum Gasteiger partial charge on any atom is -0.497 e. The van der Waals surface area contributed by atoms with Gasteiger partial charge in [0.05, 0.1) is 33.5 Å². The SMILES string of the molecule is COC(=O)NC(=O)O[C@H]1C[C@@H](C)/C=C(\C)C(=O)Nc2cc(cc(OC)c2)C[C@@H](C)C[C@H](OC)[C@H](OC)[C@@H](C)/C=C(\C)[C@@H]1OC(=O)NC(=O)OC. The smallest absolute Gasteiger partial charge is 0.417 e. The molecule has 1 aliphatic heterocycles. The fourth-order valence-electron chi connectivity index (χ4n) is 5.97. The van der Waals surface area contributed by atoms with Gasteiger partial charge in [0.15, 0.2) is 6.10 Å². The lowest BCUT2D eigenvalue weighted by Gasteiger charge is -2.32. The number of methoxy groups -OCH3 is 5. The Morgan fingerprint density at radius 3 is 1.94 bits per heavy atom. The fourth-order valence-corrected chi connectivity index (χ4v) is 5.97. The largest absolute Gasteiger partial charge is 0.497 e. The number of fused-ring (bicyclic) bond motifs is 2. The van der Waals surface area contributed by atoms with Crippen LogP contribution < -0.4 is 20.7 Å². The Bertz CT molecular complexity index is 1410. The lowest BCUT2D eigenvalue weighted by Crippen LogP contribution is -2.44. The summed E-state index contributed by atoms with van der Waals surface area (Å²) < 4.78 is 37.8. The number of carbonyl (C=O) groups excluding carboxylic acids is 5. The molecule has 0 aromatic heterocycles. The first kappa shape index (κ1) is 41.5. The van der Waals surface area contributed by atoms with Gasteiger partial charge in [-0.15, -0.1) is 0 Å². The number of hydrogen-bond acceptors (Lipinski definition) is 12. The van der Waals surface area contributed by atoms with Gasteiger partial charge < -0.3 is 38.5 Å². The van der Waals surface area contributed by atoms with Crippen molar-refractivity contribution in [3.8, 4) is 5.75 Å². The monoisotopic (exact) mass is 705 g/mol. The molecule has 3 N–H and O–H groups in total. The van der Waals surface area contributed by atoms with E-state index in [4.69, 9.17) is 23.7 Å². The maximum Gasteiger partial charge on any atom is 0.417 e. The molecule has 278 valence electrons. The van der Waals surface area contributed by atoms with Gasteiger partial charge in [0.1, 0.15) is 11.9 Å². The van der Waals surface area contributed by atoms with Crippen LogP contribution in [0.5, 0.6) is 5.75 Å². The third-order valence-corrected chi connectivity index (χ3v) is 8.22. The molecule has 1 aromatic carbocycles. The number of amides is 5. The van der Waals surface area contributed by atoms with Crippen molar-refractivity contribution in [2.45, 2.75) is 78.3 Å². The van der Waals surface area contributed by atoms with Crippen molar-refractivity contribution in [2.24, 2.45) is 17.8 Å². The van der Waals surface area contributed by atoms with Gasteiger partial charge >= 0.3 is 24.4 Å². The Morgan fingerprint density at radius 1 is 0.760 bits per heavy atom. The number of nitrogens with one attached hydrogen (secondary N) is 3. The summed E-state index contributed by atoms with van der Waals surface area (Å²) in [6.07, 6.45) is -3.11. The van der Waals surface area contributed by atoms with Crippen LogP contribution in [0.15, 0.2) is 41.5 Å². The minimum absolute atomic E-state index is 0.00414. The van der Waals surface area contributed by atoms with E-state index in [1.165, 1.54) is 0 Å². The molecule has 2 rings (SSSR count). The average Bonchev–Trinajstić information content (AvgIpc) is 3.05. The van der Waals surface area contributed by atoms with Gasteiger partial charge in [-0.1, -0.05) is 32.9 Å². The fraction of sp³-hybridized carbons (Fsp3) is 0.571. The molecule has 0 saturated carbocycles. The van der Waals surface area contributed by atoms with Gasteiger partial charge in [0, 0.05) is 37.5 Å². The highest BCUT2D eigenvalue weighted by atomic mass is 16.6. The first-order valence-electron chi connectivity index (χ1n) is 16.2. The molecule has 0 fully saturated rings. The van der Waals surface area contributed by atoms with Gasteiger partial charge in [-0.2, -0.15) is 0 Å². The van der Waals surface area contributed by atoms with Gasteiger partial charge in [-0.25, -0.2) is 29.8 Å². The summed E-state index contributed by atoms with van der Waals surface area (Å²) in [4.78, 5) is 62.7. The zero-order valence-electron chi connectivity index (χ0n) is 30.4. The lowest BCUT2D eigenvalue weighted by atomic mass is 9.87. The number of rotatable bonds is 5. The lowest BCUT2D eigenvalue weighted by molar-refractivity contribution is -0.112. The normalized spacial score (nSPS) is 27.2. The van der Waals surface area contributed by atoms with Crippen molar-refractivity contribution in [1.82, 2.24) is 10.6 Å². The van der Waals surface area contributed by atoms with Crippen LogP contribution in [0.2, 0.25) is 0 Å². The van der Waals surface area contributed by atoms with Crippen LogP contribution in [0.1, 0.15) is 53.0 Å². The second-order valence-electron chi connectivity index (χ2n) is 12.4. The molecule has 1 heterocycles. The molecule has 5 amide bonds. The number of allylic oxidation sites excluding steroid dienone is 1. The first-order valence-corrected chi connectivity index (χ1v) is 16.2. The molecule has 0 unspecified atom stereocenters. The highest BCUT2D eigenvalue weighted by molar-refractivity contribution is 6.03. The molecule has 15 heteroatoms. The number of carbonyl (C=O) groups is 5. The van der Waals surface area contributed by atoms with Crippen molar-refractivity contribution < 1.29 is 57.1 Å². The number of alkyl carbamates (subject to hydrolysis) is 4. The Kier molecular flexibility index (Phi) is 16.7. The van der Waals surface area contributed by atoms with Gasteiger partial charge in [0.2, 0.25) is 0 Å². The van der Waals surface area contributed by atoms with Crippen LogP contribution in [0.4, 0.5) is 24.9 Å².